The van der Waals surface area contributed by atoms with Crippen molar-refractivity contribution in [2.24, 2.45) is 0 Å². The summed E-state index contributed by atoms with van der Waals surface area (Å²) in [5, 5.41) is 9.85. The highest BCUT2D eigenvalue weighted by Gasteiger charge is 2.28. The maximum Gasteiger partial charge on any atom is 0.472 e. The Morgan fingerprint density at radius 2 is 0.634 bits per heavy atom. The van der Waals surface area contributed by atoms with Crippen LogP contribution in [0.15, 0.2) is 60.8 Å². The summed E-state index contributed by atoms with van der Waals surface area (Å²) in [6.07, 6.45) is 73.3. The Morgan fingerprint density at radius 1 is 0.354 bits per heavy atom. The lowest BCUT2D eigenvalue weighted by Crippen LogP contribution is -2.30. The van der Waals surface area contributed by atoms with Crippen molar-refractivity contribution in [3.8, 4) is 0 Å². The second-order valence-corrected chi connectivity index (χ2v) is 24.4. The zero-order valence-corrected chi connectivity index (χ0v) is 54.1. The molecule has 0 aliphatic carbocycles. The van der Waals surface area contributed by atoms with Crippen molar-refractivity contribution in [2.45, 2.75) is 341 Å². The van der Waals surface area contributed by atoms with Gasteiger partial charge in [-0.3, -0.25) is 23.4 Å². The Hall–Kier alpha value is -2.82. The van der Waals surface area contributed by atoms with Gasteiger partial charge in [0.05, 0.1) is 19.8 Å². The Bertz CT molecular complexity index is 1610. The van der Waals surface area contributed by atoms with Gasteiger partial charge in [-0.05, 0) is 57.8 Å². The lowest BCUT2D eigenvalue weighted by Gasteiger charge is -2.21. The van der Waals surface area contributed by atoms with Crippen molar-refractivity contribution in [1.29, 1.82) is 0 Å². The van der Waals surface area contributed by atoms with E-state index >= 15 is 0 Å². The topological polar surface area (TPSA) is 155 Å². The number of allylic oxidation sites excluding steroid dienone is 10. The van der Waals surface area contributed by atoms with Crippen LogP contribution in [0.1, 0.15) is 329 Å². The van der Waals surface area contributed by atoms with Crippen LogP contribution in [0.3, 0.4) is 0 Å². The molecular weight excluding hydrogens is 1050 g/mol. The number of phosphoric ester groups is 1. The largest absolute Gasteiger partial charge is 0.472 e. The molecule has 0 aromatic heterocycles. The van der Waals surface area contributed by atoms with Gasteiger partial charge in [0.15, 0.2) is 6.10 Å². The average molecular weight is 1180 g/mol. The van der Waals surface area contributed by atoms with Crippen LogP contribution in [-0.4, -0.2) is 66.5 Å². The first-order valence-corrected chi connectivity index (χ1v) is 35.7. The summed E-state index contributed by atoms with van der Waals surface area (Å²) in [5.41, 5.74) is 0. The lowest BCUT2D eigenvalue weighted by molar-refractivity contribution is -0.161. The monoisotopic (exact) mass is 1170 g/mol. The van der Waals surface area contributed by atoms with Gasteiger partial charge in [-0.1, -0.05) is 313 Å². The molecule has 3 unspecified atom stereocenters. The Labute approximate surface area is 504 Å². The summed E-state index contributed by atoms with van der Waals surface area (Å²) in [6.45, 7) is 4.55. The molecule has 0 heterocycles. The summed E-state index contributed by atoms with van der Waals surface area (Å²) < 4.78 is 39.7. The Balaban J connectivity index is 4.70. The van der Waals surface area contributed by atoms with Gasteiger partial charge in [0.25, 0.3) is 0 Å². The second-order valence-electron chi connectivity index (χ2n) is 23.0. The molecule has 3 atom stereocenters. The molecule has 0 fully saturated rings. The number of aliphatic hydroxyl groups excluding tert-OH is 1. The number of ether oxygens (including phenoxy) is 3. The third kappa shape index (κ3) is 61.7. The molecule has 478 valence electrons. The number of hydrogen-bond donors (Lipinski definition) is 2. The standard InChI is InChI=1S/C70H127O11P/c1-4-7-10-13-16-19-22-25-28-31-33-36-38-41-44-47-50-53-56-59-68(72)77-63-67(81-70(74)61-58-55-52-49-46-43-40-37-34-32-29-26-23-20-17-14-11-8-5-2)65-79-82(75,76)78-64-66(62-71)80-69(73)60-57-54-51-48-45-42-39-35-30-27-24-21-18-15-12-9-6-3/h9,12,18,21,27,30,39,42,48,51,66-67,71H,4-8,10-11,13-17,19-20,22-26,28-29,31-38,40-41,43-47,49-50,52-65H2,1-3H3,(H,75,76)/b12-9-,21-18-,30-27-,42-39-,51-48-. The minimum Gasteiger partial charge on any atom is -0.462 e. The molecule has 11 nitrogen and oxygen atoms in total. The highest BCUT2D eigenvalue weighted by molar-refractivity contribution is 7.47. The van der Waals surface area contributed by atoms with E-state index in [4.69, 9.17) is 23.3 Å². The molecular formula is C70H127O11P. The number of phosphoric acid groups is 1. The maximum atomic E-state index is 13.0. The van der Waals surface area contributed by atoms with Crippen molar-refractivity contribution in [3.05, 3.63) is 60.8 Å². The fourth-order valence-electron chi connectivity index (χ4n) is 9.81. The fourth-order valence-corrected chi connectivity index (χ4v) is 10.6. The van der Waals surface area contributed by atoms with Gasteiger partial charge in [0.2, 0.25) is 0 Å². The van der Waals surface area contributed by atoms with Crippen molar-refractivity contribution in [1.82, 2.24) is 0 Å². The molecule has 0 saturated heterocycles. The second kappa shape index (κ2) is 64.2. The van der Waals surface area contributed by atoms with Crippen LogP contribution in [0.25, 0.3) is 0 Å². The van der Waals surface area contributed by atoms with E-state index in [9.17, 15) is 28.9 Å². The minimum atomic E-state index is -4.77. The van der Waals surface area contributed by atoms with Gasteiger partial charge in [0, 0.05) is 19.3 Å². The molecule has 0 rings (SSSR count). The first kappa shape index (κ1) is 79.2. The van der Waals surface area contributed by atoms with Crippen LogP contribution in [0.2, 0.25) is 0 Å². The number of esters is 3. The van der Waals surface area contributed by atoms with Crippen LogP contribution >= 0.6 is 7.82 Å². The number of carbonyl (C=O) groups is 3. The summed E-state index contributed by atoms with van der Waals surface area (Å²) in [5.74, 6) is -1.50. The van der Waals surface area contributed by atoms with Gasteiger partial charge in [-0.2, -0.15) is 0 Å². The van der Waals surface area contributed by atoms with Crippen LogP contribution < -0.4 is 0 Å². The SMILES string of the molecule is CC/C=C\C/C=C\C/C=C\C/C=C\C/C=C\CCCC(=O)OC(CO)COP(=O)(O)OCC(COC(=O)CCCCCCCCCCCCCCCCCCCCC)OC(=O)CCCCCCCCCCCCCCCCCCCCC. The Kier molecular flexibility index (Phi) is 62.0. The summed E-state index contributed by atoms with van der Waals surface area (Å²) in [4.78, 5) is 48.8. The first-order chi connectivity index (χ1) is 40.2. The molecule has 0 aliphatic heterocycles. The van der Waals surface area contributed by atoms with E-state index in [2.05, 4.69) is 69.4 Å². The van der Waals surface area contributed by atoms with E-state index in [1.165, 1.54) is 193 Å². The molecule has 0 aromatic rings. The van der Waals surface area contributed by atoms with Crippen molar-refractivity contribution >= 4 is 25.7 Å². The smallest absolute Gasteiger partial charge is 0.462 e. The highest BCUT2D eigenvalue weighted by atomic mass is 31.2. The summed E-state index contributed by atoms with van der Waals surface area (Å²) >= 11 is 0. The number of rotatable bonds is 64. The molecule has 0 amide bonds. The molecule has 0 aromatic carbocycles. The van der Waals surface area contributed by atoms with Crippen LogP contribution in [-0.2, 0) is 42.2 Å². The predicted octanol–water partition coefficient (Wildman–Crippen LogP) is 21.0. The molecule has 0 saturated carbocycles. The summed E-state index contributed by atoms with van der Waals surface area (Å²) in [6, 6.07) is 0. The molecule has 82 heavy (non-hydrogen) atoms. The first-order valence-electron chi connectivity index (χ1n) is 34.2. The molecule has 2 N–H and O–H groups in total. The number of hydrogen-bond acceptors (Lipinski definition) is 10. The van der Waals surface area contributed by atoms with Crippen LogP contribution in [0.4, 0.5) is 0 Å². The number of aliphatic hydroxyl groups is 1. The molecule has 0 bridgehead atoms. The highest BCUT2D eigenvalue weighted by Crippen LogP contribution is 2.43. The van der Waals surface area contributed by atoms with E-state index < -0.39 is 57.8 Å². The third-order valence-corrected chi connectivity index (χ3v) is 15.9. The zero-order valence-electron chi connectivity index (χ0n) is 53.2. The zero-order chi connectivity index (χ0) is 59.8. The summed E-state index contributed by atoms with van der Waals surface area (Å²) in [7, 11) is -4.77. The third-order valence-electron chi connectivity index (χ3n) is 15.0. The fraction of sp³-hybridized carbons (Fsp3) is 0.814. The van der Waals surface area contributed by atoms with E-state index in [1.807, 2.05) is 12.2 Å². The van der Waals surface area contributed by atoms with Gasteiger partial charge in [-0.15, -0.1) is 0 Å². The van der Waals surface area contributed by atoms with Crippen LogP contribution in [0, 0.1) is 0 Å². The van der Waals surface area contributed by atoms with Crippen molar-refractivity contribution < 1.29 is 52.2 Å². The molecule has 12 heteroatoms. The minimum absolute atomic E-state index is 0.100. The predicted molar refractivity (Wildman–Crippen MR) is 344 cm³/mol. The molecule has 0 aliphatic rings. The van der Waals surface area contributed by atoms with E-state index in [0.29, 0.717) is 25.7 Å². The average Bonchev–Trinajstić information content (AvgIpc) is 3.49. The van der Waals surface area contributed by atoms with E-state index in [-0.39, 0.29) is 25.9 Å². The van der Waals surface area contributed by atoms with E-state index in [1.54, 1.807) is 0 Å². The number of carbonyl (C=O) groups excluding carboxylic acids is 3. The van der Waals surface area contributed by atoms with E-state index in [0.717, 1.165) is 70.6 Å². The van der Waals surface area contributed by atoms with Gasteiger partial charge >= 0.3 is 25.7 Å². The van der Waals surface area contributed by atoms with Gasteiger partial charge in [0.1, 0.15) is 12.7 Å². The Morgan fingerprint density at radius 3 is 0.976 bits per heavy atom. The lowest BCUT2D eigenvalue weighted by atomic mass is 10.0. The van der Waals surface area contributed by atoms with Gasteiger partial charge < -0.3 is 24.2 Å². The van der Waals surface area contributed by atoms with Crippen molar-refractivity contribution in [2.75, 3.05) is 26.4 Å². The molecule has 0 radical (unpaired) electrons. The van der Waals surface area contributed by atoms with Crippen molar-refractivity contribution in [3.63, 3.8) is 0 Å². The van der Waals surface area contributed by atoms with Gasteiger partial charge in [-0.25, -0.2) is 4.57 Å². The quantitative estimate of drug-likeness (QED) is 0.0197. The maximum absolute atomic E-state index is 13.0. The normalized spacial score (nSPS) is 13.6. The number of unbranched alkanes of at least 4 members (excludes halogenated alkanes) is 37. The van der Waals surface area contributed by atoms with Crippen LogP contribution in [0.5, 0.6) is 0 Å². The molecule has 0 spiro atoms.